The Bertz CT molecular complexity index is 741. The topological polar surface area (TPSA) is 101 Å². The first-order valence-electron chi connectivity index (χ1n) is 8.02. The van der Waals surface area contributed by atoms with Gasteiger partial charge in [-0.3, -0.25) is 14.6 Å². The number of hydrogen-bond donors (Lipinski definition) is 2. The van der Waals surface area contributed by atoms with Gasteiger partial charge in [0.2, 0.25) is 5.91 Å². The molecule has 0 radical (unpaired) electrons. The third-order valence-electron chi connectivity index (χ3n) is 4.33. The van der Waals surface area contributed by atoms with Crippen molar-refractivity contribution in [2.45, 2.75) is 19.3 Å². The van der Waals surface area contributed by atoms with Gasteiger partial charge in [-0.2, -0.15) is 0 Å². The predicted octanol–water partition coefficient (Wildman–Crippen LogP) is 1.75. The van der Waals surface area contributed by atoms with Crippen molar-refractivity contribution >= 4 is 23.2 Å². The van der Waals surface area contributed by atoms with Crippen LogP contribution >= 0.6 is 11.3 Å². The number of nitrogens with zero attached hydrogens (tertiary/aromatic N) is 2. The lowest BCUT2D eigenvalue weighted by Gasteiger charge is -2.33. The maximum absolute atomic E-state index is 12.2. The minimum atomic E-state index is -0.934. The monoisotopic (exact) mass is 361 g/mol. The molecule has 1 amide bonds. The zero-order chi connectivity index (χ0) is 17.7. The van der Waals surface area contributed by atoms with Gasteiger partial charge in [0.05, 0.1) is 17.5 Å². The van der Waals surface area contributed by atoms with Crippen LogP contribution in [0.5, 0.6) is 0 Å². The zero-order valence-corrected chi connectivity index (χ0v) is 14.4. The molecule has 2 N–H and O–H groups in total. The van der Waals surface area contributed by atoms with E-state index >= 15 is 0 Å². The Morgan fingerprint density at radius 1 is 1.36 bits per heavy atom. The molecule has 1 aliphatic heterocycles. The van der Waals surface area contributed by atoms with Crippen LogP contribution in [-0.2, 0) is 20.7 Å². The molecule has 7 nitrogen and oxygen atoms in total. The van der Waals surface area contributed by atoms with Crippen molar-refractivity contribution < 1.29 is 19.4 Å². The maximum atomic E-state index is 12.2. The van der Waals surface area contributed by atoms with Crippen molar-refractivity contribution in [2.75, 3.05) is 19.8 Å². The van der Waals surface area contributed by atoms with E-state index in [1.807, 2.05) is 17.5 Å². The normalized spacial score (nSPS) is 16.3. The Kier molecular flexibility index (Phi) is 5.40. The van der Waals surface area contributed by atoms with E-state index in [4.69, 9.17) is 4.74 Å². The second-order valence-corrected chi connectivity index (χ2v) is 6.90. The van der Waals surface area contributed by atoms with Crippen LogP contribution in [0.3, 0.4) is 0 Å². The number of hydrogen-bond acceptors (Lipinski definition) is 6. The fraction of sp³-hybridized carbons (Fsp3) is 0.412. The molecule has 1 saturated heterocycles. The van der Waals surface area contributed by atoms with E-state index in [0.717, 1.165) is 10.6 Å². The predicted molar refractivity (Wildman–Crippen MR) is 92.2 cm³/mol. The quantitative estimate of drug-likeness (QED) is 0.813. The smallest absolute Gasteiger partial charge is 0.311 e. The number of carboxylic acid groups (broad SMARTS) is 1. The number of carbonyl (C=O) groups is 2. The molecule has 0 saturated carbocycles. The molecule has 1 aliphatic rings. The molecule has 0 aromatic carbocycles. The largest absolute Gasteiger partial charge is 0.481 e. The van der Waals surface area contributed by atoms with Gasteiger partial charge in [-0.15, -0.1) is 11.3 Å². The molecule has 0 aliphatic carbocycles. The van der Waals surface area contributed by atoms with Crippen LogP contribution in [0.25, 0.3) is 10.6 Å². The summed E-state index contributed by atoms with van der Waals surface area (Å²) >= 11 is 1.45. The molecule has 132 valence electrons. The number of carbonyl (C=O) groups excluding carboxylic acids is 1. The fourth-order valence-corrected chi connectivity index (χ4v) is 3.54. The average Bonchev–Trinajstić information content (AvgIpc) is 3.10. The summed E-state index contributed by atoms with van der Waals surface area (Å²) in [4.78, 5) is 32.3. The minimum Gasteiger partial charge on any atom is -0.481 e. The number of aromatic nitrogens is 2. The van der Waals surface area contributed by atoms with Crippen molar-refractivity contribution in [3.8, 4) is 10.6 Å². The molecule has 8 heteroatoms. The average molecular weight is 361 g/mol. The van der Waals surface area contributed by atoms with Crippen LogP contribution in [-0.4, -0.2) is 46.7 Å². The van der Waals surface area contributed by atoms with Crippen LogP contribution in [0.2, 0.25) is 0 Å². The molecule has 0 spiro atoms. The lowest BCUT2D eigenvalue weighted by Crippen LogP contribution is -2.46. The molecular weight excluding hydrogens is 342 g/mol. The molecule has 0 unspecified atom stereocenters. The summed E-state index contributed by atoms with van der Waals surface area (Å²) in [6.07, 6.45) is 4.36. The van der Waals surface area contributed by atoms with Crippen LogP contribution in [0.1, 0.15) is 18.5 Å². The van der Waals surface area contributed by atoms with E-state index < -0.39 is 11.4 Å². The number of amides is 1. The number of aliphatic carboxylic acids is 1. The van der Waals surface area contributed by atoms with Crippen LogP contribution < -0.4 is 5.32 Å². The van der Waals surface area contributed by atoms with Gasteiger partial charge in [0.15, 0.2) is 0 Å². The minimum absolute atomic E-state index is 0.115. The highest BCUT2D eigenvalue weighted by Crippen LogP contribution is 2.30. The zero-order valence-electron chi connectivity index (χ0n) is 13.6. The third-order valence-corrected chi connectivity index (χ3v) is 5.27. The standard InChI is InChI=1S/C17H19N3O4S/c21-14(19-11-17(16(22)23)3-6-24-7-4-17)8-13-10-25-15(20-13)12-2-1-5-18-9-12/h1-2,5,9-10H,3-4,6-8,11H2,(H,19,21)(H,22,23). The summed E-state index contributed by atoms with van der Waals surface area (Å²) < 4.78 is 5.23. The molecule has 2 aromatic rings. The van der Waals surface area contributed by atoms with E-state index in [9.17, 15) is 14.7 Å². The SMILES string of the molecule is O=C(Cc1csc(-c2cccnc2)n1)NCC1(C(=O)O)CCOCC1. The van der Waals surface area contributed by atoms with E-state index in [2.05, 4.69) is 15.3 Å². The second-order valence-electron chi connectivity index (χ2n) is 6.04. The first kappa shape index (κ1) is 17.5. The Balaban J connectivity index is 1.58. The number of nitrogens with one attached hydrogen (secondary N) is 1. The summed E-state index contributed by atoms with van der Waals surface area (Å²) in [5.41, 5.74) is 0.639. The van der Waals surface area contributed by atoms with Crippen LogP contribution in [0.15, 0.2) is 29.9 Å². The Hall–Kier alpha value is -2.32. The first-order chi connectivity index (χ1) is 12.1. The summed E-state index contributed by atoms with van der Waals surface area (Å²) in [5, 5.41) is 14.9. The van der Waals surface area contributed by atoms with Gasteiger partial charge in [0, 0.05) is 43.1 Å². The highest BCUT2D eigenvalue weighted by molar-refractivity contribution is 7.13. The van der Waals surface area contributed by atoms with Gasteiger partial charge in [-0.1, -0.05) is 0 Å². The summed E-state index contributed by atoms with van der Waals surface area (Å²) in [7, 11) is 0. The molecule has 0 bridgehead atoms. The maximum Gasteiger partial charge on any atom is 0.311 e. The molecule has 2 aromatic heterocycles. The molecular formula is C17H19N3O4S. The third kappa shape index (κ3) is 4.21. The Labute approximate surface area is 149 Å². The highest BCUT2D eigenvalue weighted by Gasteiger charge is 2.40. The lowest BCUT2D eigenvalue weighted by atomic mass is 9.80. The number of thiazole rings is 1. The number of carboxylic acids is 1. The van der Waals surface area contributed by atoms with E-state index in [1.54, 1.807) is 12.4 Å². The van der Waals surface area contributed by atoms with Crippen molar-refractivity contribution in [3.05, 3.63) is 35.6 Å². The molecule has 25 heavy (non-hydrogen) atoms. The summed E-state index contributed by atoms with van der Waals surface area (Å²) in [5.74, 6) is -1.11. The number of ether oxygens (including phenoxy) is 1. The van der Waals surface area contributed by atoms with Gasteiger partial charge in [-0.05, 0) is 25.0 Å². The van der Waals surface area contributed by atoms with Crippen molar-refractivity contribution in [1.82, 2.24) is 15.3 Å². The summed E-state index contributed by atoms with van der Waals surface area (Å²) in [6, 6.07) is 3.75. The van der Waals surface area contributed by atoms with Gasteiger partial charge < -0.3 is 15.2 Å². The highest BCUT2D eigenvalue weighted by atomic mass is 32.1. The Morgan fingerprint density at radius 2 is 2.16 bits per heavy atom. The summed E-state index contributed by atoms with van der Waals surface area (Å²) in [6.45, 7) is 0.926. The fourth-order valence-electron chi connectivity index (χ4n) is 2.73. The van der Waals surface area contributed by atoms with Crippen LogP contribution in [0.4, 0.5) is 0 Å². The van der Waals surface area contributed by atoms with Crippen molar-refractivity contribution in [3.63, 3.8) is 0 Å². The van der Waals surface area contributed by atoms with E-state index in [1.165, 1.54) is 11.3 Å². The van der Waals surface area contributed by atoms with Gasteiger partial charge >= 0.3 is 5.97 Å². The Morgan fingerprint density at radius 3 is 2.84 bits per heavy atom. The van der Waals surface area contributed by atoms with E-state index in [-0.39, 0.29) is 18.9 Å². The van der Waals surface area contributed by atoms with Crippen molar-refractivity contribution in [2.24, 2.45) is 5.41 Å². The molecule has 0 atom stereocenters. The lowest BCUT2D eigenvalue weighted by molar-refractivity contribution is -0.154. The van der Waals surface area contributed by atoms with Gasteiger partial charge in [-0.25, -0.2) is 4.98 Å². The van der Waals surface area contributed by atoms with Crippen LogP contribution in [0, 0.1) is 5.41 Å². The number of pyridine rings is 1. The molecule has 3 heterocycles. The first-order valence-corrected chi connectivity index (χ1v) is 8.90. The van der Waals surface area contributed by atoms with E-state index in [0.29, 0.717) is 31.7 Å². The molecule has 1 fully saturated rings. The molecule has 3 rings (SSSR count). The van der Waals surface area contributed by atoms with Crippen molar-refractivity contribution in [1.29, 1.82) is 0 Å². The second kappa shape index (κ2) is 7.71. The number of rotatable bonds is 6. The van der Waals surface area contributed by atoms with Gasteiger partial charge in [0.1, 0.15) is 5.01 Å². The van der Waals surface area contributed by atoms with Gasteiger partial charge in [0.25, 0.3) is 0 Å².